The quantitative estimate of drug-likeness (QED) is 0.205. The number of rotatable bonds is 5. The number of nitrogens with one attached hydrogen (secondary N) is 1. The average Bonchev–Trinajstić information content (AvgIpc) is 2.80. The molecule has 10 heteroatoms. The zero-order valence-corrected chi connectivity index (χ0v) is 19.5. The number of carbonyl (C=O) groups excluding carboxylic acids is 1. The predicted molar refractivity (Wildman–Crippen MR) is 132 cm³/mol. The average molecular weight is 492 g/mol. The van der Waals surface area contributed by atoms with Crippen molar-refractivity contribution >= 4 is 43.9 Å². The first-order valence-corrected chi connectivity index (χ1v) is 11.8. The molecule has 4 N–H and O–H groups in total. The molecule has 4 aromatic rings. The number of phenols is 2. The molecule has 0 fully saturated rings. The van der Waals surface area contributed by atoms with Gasteiger partial charge in [-0.25, -0.2) is 0 Å². The van der Waals surface area contributed by atoms with Crippen LogP contribution in [0.3, 0.4) is 0 Å². The van der Waals surface area contributed by atoms with Gasteiger partial charge < -0.3 is 15.5 Å². The summed E-state index contributed by atoms with van der Waals surface area (Å²) in [6, 6.07) is 16.9. The van der Waals surface area contributed by atoms with Gasteiger partial charge in [-0.1, -0.05) is 42.0 Å². The van der Waals surface area contributed by atoms with Gasteiger partial charge in [-0.3, -0.25) is 9.35 Å². The minimum absolute atomic E-state index is 0.0477. The Morgan fingerprint density at radius 3 is 2.37 bits per heavy atom. The minimum atomic E-state index is -4.54. The zero-order valence-electron chi connectivity index (χ0n) is 18.7. The minimum Gasteiger partial charge on any atom is -0.506 e. The molecule has 0 atom stereocenters. The molecule has 1 amide bonds. The number of aryl methyl sites for hydroxylation is 2. The Kier molecular flexibility index (Phi) is 6.25. The summed E-state index contributed by atoms with van der Waals surface area (Å²) >= 11 is 0. The highest BCUT2D eigenvalue weighted by molar-refractivity contribution is 7.85. The lowest BCUT2D eigenvalue weighted by Crippen LogP contribution is -2.13. The smallest absolute Gasteiger partial charge is 0.294 e. The van der Waals surface area contributed by atoms with E-state index in [4.69, 9.17) is 0 Å². The number of amides is 1. The summed E-state index contributed by atoms with van der Waals surface area (Å²) < 4.78 is 32.1. The normalized spacial score (nSPS) is 11.7. The summed E-state index contributed by atoms with van der Waals surface area (Å²) in [7, 11) is -4.54. The fourth-order valence-corrected chi connectivity index (χ4v) is 4.08. The summed E-state index contributed by atoms with van der Waals surface area (Å²) in [5.41, 5.74) is 2.13. The van der Waals surface area contributed by atoms with Crippen LogP contribution in [0.4, 0.5) is 17.1 Å². The molecule has 178 valence electrons. The maximum atomic E-state index is 13.1. The monoisotopic (exact) mass is 491 g/mol. The maximum Gasteiger partial charge on any atom is 0.294 e. The lowest BCUT2D eigenvalue weighted by Gasteiger charge is -2.13. The Labute approximate surface area is 201 Å². The van der Waals surface area contributed by atoms with Crippen LogP contribution in [0.2, 0.25) is 0 Å². The molecule has 4 aromatic carbocycles. The molecular weight excluding hydrogens is 470 g/mol. The van der Waals surface area contributed by atoms with Gasteiger partial charge in [0.25, 0.3) is 16.0 Å². The van der Waals surface area contributed by atoms with E-state index in [1.807, 2.05) is 26.0 Å². The fraction of sp³-hybridized carbons (Fsp3) is 0.0800. The number of azo groups is 1. The standard InChI is InChI=1S/C25H21N3O6S/c1-14-7-9-20(15(2)11-14)26-25(31)19-12-16-5-3-4-6-18(16)23(24(19)30)28-27-21-13-17(35(32,33)34)8-10-22(21)29/h3-13,29-30H,1-2H3,(H,26,31)(H,32,33,34)/b28-27+. The Balaban J connectivity index is 1.80. The van der Waals surface area contributed by atoms with Gasteiger partial charge in [0.15, 0.2) is 5.75 Å². The van der Waals surface area contributed by atoms with E-state index in [2.05, 4.69) is 15.5 Å². The van der Waals surface area contributed by atoms with Crippen LogP contribution in [0.5, 0.6) is 11.5 Å². The number of hydrogen-bond donors (Lipinski definition) is 4. The maximum absolute atomic E-state index is 13.1. The summed E-state index contributed by atoms with van der Waals surface area (Å²) in [6.07, 6.45) is 0. The first-order valence-electron chi connectivity index (χ1n) is 10.4. The second-order valence-corrected chi connectivity index (χ2v) is 9.36. The molecule has 0 heterocycles. The van der Waals surface area contributed by atoms with Gasteiger partial charge in [-0.15, -0.1) is 10.2 Å². The molecule has 4 rings (SSSR count). The van der Waals surface area contributed by atoms with E-state index < -0.39 is 32.4 Å². The largest absolute Gasteiger partial charge is 0.506 e. The third-order valence-electron chi connectivity index (χ3n) is 5.37. The highest BCUT2D eigenvalue weighted by Crippen LogP contribution is 2.40. The van der Waals surface area contributed by atoms with Crippen molar-refractivity contribution in [2.45, 2.75) is 18.7 Å². The van der Waals surface area contributed by atoms with Crippen LogP contribution in [-0.2, 0) is 10.1 Å². The fourth-order valence-electron chi connectivity index (χ4n) is 3.58. The Morgan fingerprint density at radius 1 is 0.914 bits per heavy atom. The van der Waals surface area contributed by atoms with Gasteiger partial charge >= 0.3 is 0 Å². The van der Waals surface area contributed by atoms with Crippen LogP contribution in [0, 0.1) is 13.8 Å². The van der Waals surface area contributed by atoms with Crippen molar-refractivity contribution in [1.82, 2.24) is 0 Å². The van der Waals surface area contributed by atoms with E-state index in [0.717, 1.165) is 29.3 Å². The van der Waals surface area contributed by atoms with Crippen LogP contribution < -0.4 is 5.32 Å². The third kappa shape index (κ3) is 4.98. The van der Waals surface area contributed by atoms with Gasteiger partial charge in [0, 0.05) is 11.1 Å². The van der Waals surface area contributed by atoms with Crippen LogP contribution in [0.1, 0.15) is 21.5 Å². The van der Waals surface area contributed by atoms with Crippen molar-refractivity contribution < 1.29 is 28.0 Å². The van der Waals surface area contributed by atoms with E-state index in [9.17, 15) is 28.0 Å². The van der Waals surface area contributed by atoms with Crippen molar-refractivity contribution in [3.05, 3.63) is 83.4 Å². The first kappa shape index (κ1) is 23.9. The number of fused-ring (bicyclic) bond motifs is 1. The second kappa shape index (κ2) is 9.16. The second-order valence-electron chi connectivity index (χ2n) is 7.94. The van der Waals surface area contributed by atoms with Crippen molar-refractivity contribution in [3.8, 4) is 11.5 Å². The molecule has 35 heavy (non-hydrogen) atoms. The first-order chi connectivity index (χ1) is 16.5. The molecule has 9 nitrogen and oxygen atoms in total. The van der Waals surface area contributed by atoms with E-state index >= 15 is 0 Å². The molecular formula is C25H21N3O6S. The van der Waals surface area contributed by atoms with Crippen molar-refractivity contribution in [2.24, 2.45) is 10.2 Å². The highest BCUT2D eigenvalue weighted by atomic mass is 32.2. The lowest BCUT2D eigenvalue weighted by atomic mass is 10.0. The summed E-state index contributed by atoms with van der Waals surface area (Å²) in [4.78, 5) is 12.6. The predicted octanol–water partition coefficient (Wildman–Crippen LogP) is 5.78. The number of phenolic OH excluding ortho intramolecular Hbond substituents is 2. The Hall–Kier alpha value is -4.28. The van der Waals surface area contributed by atoms with Crippen molar-refractivity contribution in [3.63, 3.8) is 0 Å². The number of nitrogens with zero attached hydrogens (tertiary/aromatic N) is 2. The molecule has 0 aliphatic carbocycles. The zero-order chi connectivity index (χ0) is 25.3. The molecule has 0 bridgehead atoms. The van der Waals surface area contributed by atoms with Crippen molar-refractivity contribution in [2.75, 3.05) is 5.32 Å². The van der Waals surface area contributed by atoms with Crippen LogP contribution in [0.25, 0.3) is 10.8 Å². The van der Waals surface area contributed by atoms with Gasteiger partial charge in [-0.05, 0) is 55.1 Å². The van der Waals surface area contributed by atoms with E-state index in [0.29, 0.717) is 16.5 Å². The Bertz CT molecular complexity index is 1610. The molecule has 0 radical (unpaired) electrons. The van der Waals surface area contributed by atoms with Crippen molar-refractivity contribution in [1.29, 1.82) is 0 Å². The van der Waals surface area contributed by atoms with Gasteiger partial charge in [0.05, 0.1) is 10.5 Å². The summed E-state index contributed by atoms with van der Waals surface area (Å²) in [6.45, 7) is 3.80. The molecule has 0 aromatic heterocycles. The molecule has 0 saturated carbocycles. The van der Waals surface area contributed by atoms with E-state index in [-0.39, 0.29) is 16.9 Å². The summed E-state index contributed by atoms with van der Waals surface area (Å²) in [5, 5.41) is 32.8. The molecule has 0 aliphatic rings. The van der Waals surface area contributed by atoms with Crippen LogP contribution >= 0.6 is 0 Å². The van der Waals surface area contributed by atoms with Crippen LogP contribution in [-0.4, -0.2) is 29.1 Å². The highest BCUT2D eigenvalue weighted by Gasteiger charge is 2.19. The third-order valence-corrected chi connectivity index (χ3v) is 6.22. The molecule has 0 spiro atoms. The van der Waals surface area contributed by atoms with Gasteiger partial charge in [-0.2, -0.15) is 8.42 Å². The molecule has 0 unspecified atom stereocenters. The summed E-state index contributed by atoms with van der Waals surface area (Å²) in [5.74, 6) is -1.40. The number of benzene rings is 4. The van der Waals surface area contributed by atoms with Gasteiger partial charge in [0.2, 0.25) is 0 Å². The number of aromatic hydroxyl groups is 2. The topological polar surface area (TPSA) is 149 Å². The van der Waals surface area contributed by atoms with Crippen LogP contribution in [0.15, 0.2) is 81.9 Å². The van der Waals surface area contributed by atoms with Gasteiger partial charge in [0.1, 0.15) is 17.1 Å². The molecule has 0 saturated heterocycles. The Morgan fingerprint density at radius 2 is 1.66 bits per heavy atom. The number of carbonyl (C=O) groups is 1. The van der Waals surface area contributed by atoms with E-state index in [1.165, 1.54) is 6.07 Å². The lowest BCUT2D eigenvalue weighted by molar-refractivity contribution is 0.102. The SMILES string of the molecule is Cc1ccc(NC(=O)c2cc3ccccc3c(/N=N/c3cc(S(=O)(=O)O)ccc3O)c2O)c(C)c1. The number of anilines is 1. The number of hydrogen-bond acceptors (Lipinski definition) is 7. The van der Waals surface area contributed by atoms with E-state index in [1.54, 1.807) is 30.3 Å². The molecule has 0 aliphatic heterocycles.